The number of benzene rings is 2. The van der Waals surface area contributed by atoms with Gasteiger partial charge in [0.25, 0.3) is 11.8 Å². The van der Waals surface area contributed by atoms with Crippen molar-refractivity contribution < 1.29 is 19.1 Å². The van der Waals surface area contributed by atoms with Crippen molar-refractivity contribution in [1.29, 1.82) is 0 Å². The molecule has 0 aliphatic carbocycles. The minimum absolute atomic E-state index is 0.199. The maximum Gasteiger partial charge on any atom is 0.276 e. The summed E-state index contributed by atoms with van der Waals surface area (Å²) >= 11 is 0. The molecule has 0 radical (unpaired) electrons. The van der Waals surface area contributed by atoms with Crippen LogP contribution in [0.25, 0.3) is 0 Å². The van der Waals surface area contributed by atoms with Crippen LogP contribution in [0.4, 0.5) is 0 Å². The number of ether oxygens (including phenoxy) is 2. The van der Waals surface area contributed by atoms with Crippen LogP contribution in [0.2, 0.25) is 0 Å². The first kappa shape index (κ1) is 23.3. The Kier molecular flexibility index (Phi) is 9.19. The molecule has 2 aromatic rings. The Labute approximate surface area is 178 Å². The highest BCUT2D eigenvalue weighted by Crippen LogP contribution is 2.21. The van der Waals surface area contributed by atoms with E-state index in [0.717, 1.165) is 12.8 Å². The second-order valence-corrected chi connectivity index (χ2v) is 7.70. The summed E-state index contributed by atoms with van der Waals surface area (Å²) in [6.07, 6.45) is 1.95. The fourth-order valence-corrected chi connectivity index (χ4v) is 2.69. The van der Waals surface area contributed by atoms with Crippen LogP contribution < -0.4 is 20.3 Å². The zero-order chi connectivity index (χ0) is 21.9. The van der Waals surface area contributed by atoms with Crippen molar-refractivity contribution in [1.82, 2.24) is 10.9 Å². The van der Waals surface area contributed by atoms with Crippen LogP contribution in [0.3, 0.4) is 0 Å². The zero-order valence-electron chi connectivity index (χ0n) is 18.2. The molecule has 0 heterocycles. The van der Waals surface area contributed by atoms with E-state index < -0.39 is 11.8 Å². The molecule has 0 saturated carbocycles. The Balaban J connectivity index is 1.81. The standard InChI is InChI=1S/C24H32N2O4/c1-5-18(4)19-10-12-20(13-11-19)30-16-23(27)25-26-24(28)21-8-6-7-9-22(21)29-15-14-17(2)3/h6-13,17-18H,5,14-16H2,1-4H3,(H,25,27)(H,26,28)/t18-/m0/s1. The van der Waals surface area contributed by atoms with Crippen molar-refractivity contribution in [3.63, 3.8) is 0 Å². The average molecular weight is 413 g/mol. The number of carbonyl (C=O) groups excluding carboxylic acids is 2. The summed E-state index contributed by atoms with van der Waals surface area (Å²) < 4.78 is 11.2. The molecule has 0 spiro atoms. The lowest BCUT2D eigenvalue weighted by Crippen LogP contribution is -2.43. The monoisotopic (exact) mass is 412 g/mol. The van der Waals surface area contributed by atoms with Crippen LogP contribution in [0.15, 0.2) is 48.5 Å². The topological polar surface area (TPSA) is 76.7 Å². The van der Waals surface area contributed by atoms with Gasteiger partial charge in [-0.15, -0.1) is 0 Å². The summed E-state index contributed by atoms with van der Waals surface area (Å²) in [5, 5.41) is 0. The third-order valence-electron chi connectivity index (χ3n) is 4.83. The van der Waals surface area contributed by atoms with Crippen molar-refractivity contribution in [2.24, 2.45) is 5.92 Å². The Morgan fingerprint density at radius 1 is 0.933 bits per heavy atom. The molecule has 6 heteroatoms. The summed E-state index contributed by atoms with van der Waals surface area (Å²) in [5.74, 6) is 1.19. The molecule has 2 amide bonds. The number of rotatable bonds is 10. The molecular formula is C24H32N2O4. The van der Waals surface area contributed by atoms with Gasteiger partial charge in [0.15, 0.2) is 6.61 Å². The highest BCUT2D eigenvalue weighted by Gasteiger charge is 2.13. The summed E-state index contributed by atoms with van der Waals surface area (Å²) in [5.41, 5.74) is 6.38. The summed E-state index contributed by atoms with van der Waals surface area (Å²) in [7, 11) is 0. The molecule has 0 fully saturated rings. The summed E-state index contributed by atoms with van der Waals surface area (Å²) in [6, 6.07) is 14.6. The number of carbonyl (C=O) groups is 2. The number of nitrogens with one attached hydrogen (secondary N) is 2. The minimum atomic E-state index is -0.451. The predicted molar refractivity (Wildman–Crippen MR) is 118 cm³/mol. The van der Waals surface area contributed by atoms with Crippen molar-refractivity contribution >= 4 is 11.8 Å². The molecule has 2 N–H and O–H groups in total. The van der Waals surface area contributed by atoms with E-state index in [1.165, 1.54) is 5.56 Å². The third-order valence-corrected chi connectivity index (χ3v) is 4.83. The SMILES string of the molecule is CC[C@H](C)c1ccc(OCC(=O)NNC(=O)c2ccccc2OCCC(C)C)cc1. The molecule has 6 nitrogen and oxygen atoms in total. The van der Waals surface area contributed by atoms with Gasteiger partial charge in [-0.2, -0.15) is 0 Å². The van der Waals surface area contributed by atoms with Crippen LogP contribution in [0, 0.1) is 5.92 Å². The van der Waals surface area contributed by atoms with Gasteiger partial charge in [-0.3, -0.25) is 20.4 Å². The van der Waals surface area contributed by atoms with E-state index in [-0.39, 0.29) is 6.61 Å². The van der Waals surface area contributed by atoms with E-state index in [9.17, 15) is 9.59 Å². The zero-order valence-corrected chi connectivity index (χ0v) is 18.2. The van der Waals surface area contributed by atoms with E-state index in [0.29, 0.717) is 35.5 Å². The quantitative estimate of drug-likeness (QED) is 0.565. The van der Waals surface area contributed by atoms with E-state index in [1.54, 1.807) is 24.3 Å². The predicted octanol–water partition coefficient (Wildman–Crippen LogP) is 4.47. The number of hydrogen-bond acceptors (Lipinski definition) is 4. The van der Waals surface area contributed by atoms with Gasteiger partial charge < -0.3 is 9.47 Å². The normalized spacial score (nSPS) is 11.6. The first-order valence-corrected chi connectivity index (χ1v) is 10.4. The Morgan fingerprint density at radius 2 is 1.63 bits per heavy atom. The fourth-order valence-electron chi connectivity index (χ4n) is 2.69. The van der Waals surface area contributed by atoms with Crippen molar-refractivity contribution in [2.45, 2.75) is 46.5 Å². The number of amides is 2. The van der Waals surface area contributed by atoms with Gasteiger partial charge in [0.1, 0.15) is 11.5 Å². The van der Waals surface area contributed by atoms with Crippen LogP contribution >= 0.6 is 0 Å². The number of hydrazine groups is 1. The second kappa shape index (κ2) is 11.9. The molecule has 0 aromatic heterocycles. The molecular weight excluding hydrogens is 380 g/mol. The highest BCUT2D eigenvalue weighted by molar-refractivity contribution is 5.97. The van der Waals surface area contributed by atoms with Crippen LogP contribution in [-0.2, 0) is 4.79 Å². The molecule has 1 atom stereocenters. The molecule has 0 bridgehead atoms. The lowest BCUT2D eigenvalue weighted by atomic mass is 9.99. The molecule has 0 saturated heterocycles. The fraction of sp³-hybridized carbons (Fsp3) is 0.417. The lowest BCUT2D eigenvalue weighted by molar-refractivity contribution is -0.123. The summed E-state index contributed by atoms with van der Waals surface area (Å²) in [4.78, 5) is 24.4. The van der Waals surface area contributed by atoms with Gasteiger partial charge in [0, 0.05) is 0 Å². The van der Waals surface area contributed by atoms with E-state index >= 15 is 0 Å². The van der Waals surface area contributed by atoms with Gasteiger partial charge in [-0.1, -0.05) is 52.0 Å². The van der Waals surface area contributed by atoms with Crippen molar-refractivity contribution in [2.75, 3.05) is 13.2 Å². The molecule has 0 aliphatic rings. The average Bonchev–Trinajstić information content (AvgIpc) is 2.76. The Morgan fingerprint density at radius 3 is 2.30 bits per heavy atom. The number of hydrogen-bond donors (Lipinski definition) is 2. The van der Waals surface area contributed by atoms with Gasteiger partial charge in [0.2, 0.25) is 0 Å². The number of para-hydroxylation sites is 1. The highest BCUT2D eigenvalue weighted by atomic mass is 16.5. The van der Waals surface area contributed by atoms with Crippen molar-refractivity contribution in [3.8, 4) is 11.5 Å². The van der Waals surface area contributed by atoms with Crippen LogP contribution in [0.5, 0.6) is 11.5 Å². The Bertz CT molecular complexity index is 818. The largest absolute Gasteiger partial charge is 0.493 e. The molecule has 30 heavy (non-hydrogen) atoms. The van der Waals surface area contributed by atoms with Gasteiger partial charge in [0.05, 0.1) is 12.2 Å². The maximum atomic E-state index is 12.4. The Hall–Kier alpha value is -3.02. The van der Waals surface area contributed by atoms with Crippen LogP contribution in [0.1, 0.15) is 62.4 Å². The van der Waals surface area contributed by atoms with E-state index in [1.807, 2.05) is 24.3 Å². The minimum Gasteiger partial charge on any atom is -0.493 e. The third kappa shape index (κ3) is 7.43. The van der Waals surface area contributed by atoms with Gasteiger partial charge >= 0.3 is 0 Å². The molecule has 162 valence electrons. The van der Waals surface area contributed by atoms with Gasteiger partial charge in [-0.25, -0.2) is 0 Å². The first-order chi connectivity index (χ1) is 14.4. The van der Waals surface area contributed by atoms with Crippen molar-refractivity contribution in [3.05, 3.63) is 59.7 Å². The molecule has 0 unspecified atom stereocenters. The smallest absolute Gasteiger partial charge is 0.276 e. The molecule has 0 aliphatic heterocycles. The van der Waals surface area contributed by atoms with Gasteiger partial charge in [-0.05, 0) is 54.5 Å². The second-order valence-electron chi connectivity index (χ2n) is 7.70. The maximum absolute atomic E-state index is 12.4. The van der Waals surface area contributed by atoms with Crippen LogP contribution in [-0.4, -0.2) is 25.0 Å². The summed E-state index contributed by atoms with van der Waals surface area (Å²) in [6.45, 7) is 8.86. The van der Waals surface area contributed by atoms with E-state index in [2.05, 4.69) is 38.5 Å². The van der Waals surface area contributed by atoms with E-state index in [4.69, 9.17) is 9.47 Å². The molecule has 2 rings (SSSR count). The first-order valence-electron chi connectivity index (χ1n) is 10.4. The molecule has 2 aromatic carbocycles. The lowest BCUT2D eigenvalue weighted by Gasteiger charge is -2.13.